The molecule has 2 rings (SSSR count). The number of anilines is 3. The van der Waals surface area contributed by atoms with E-state index in [-0.39, 0.29) is 24.3 Å². The Morgan fingerprint density at radius 2 is 1.40 bits per heavy atom. The molecule has 132 valence electrons. The van der Waals surface area contributed by atoms with Gasteiger partial charge in [0, 0.05) is 23.0 Å². The molecule has 0 bridgehead atoms. The van der Waals surface area contributed by atoms with Crippen LogP contribution in [0, 0.1) is 19.8 Å². The van der Waals surface area contributed by atoms with Gasteiger partial charge in [-0.15, -0.1) is 0 Å². The highest BCUT2D eigenvalue weighted by Gasteiger charge is 2.08. The maximum absolute atomic E-state index is 12.1. The molecule has 0 heterocycles. The van der Waals surface area contributed by atoms with E-state index < -0.39 is 0 Å². The van der Waals surface area contributed by atoms with Crippen LogP contribution in [-0.4, -0.2) is 18.4 Å². The van der Waals surface area contributed by atoms with Crippen LogP contribution < -0.4 is 16.0 Å². The Kier molecular flexibility index (Phi) is 6.17. The van der Waals surface area contributed by atoms with E-state index in [1.807, 2.05) is 45.9 Å². The van der Waals surface area contributed by atoms with Crippen molar-refractivity contribution < 1.29 is 9.59 Å². The normalized spacial score (nSPS) is 10.4. The lowest BCUT2D eigenvalue weighted by atomic mass is 10.1. The van der Waals surface area contributed by atoms with Crippen molar-refractivity contribution in [2.24, 2.45) is 5.92 Å². The molecule has 0 saturated heterocycles. The van der Waals surface area contributed by atoms with Crippen molar-refractivity contribution in [2.75, 3.05) is 22.5 Å². The lowest BCUT2D eigenvalue weighted by Gasteiger charge is -2.13. The van der Waals surface area contributed by atoms with Crippen LogP contribution in [0.5, 0.6) is 0 Å². The molecule has 3 N–H and O–H groups in total. The van der Waals surface area contributed by atoms with Gasteiger partial charge in [0.05, 0.1) is 6.54 Å². The number of amides is 2. The molecular formula is C20H25N3O2. The van der Waals surface area contributed by atoms with Gasteiger partial charge in [-0.3, -0.25) is 9.59 Å². The predicted molar refractivity (Wildman–Crippen MR) is 103 cm³/mol. The van der Waals surface area contributed by atoms with Crippen molar-refractivity contribution in [3.8, 4) is 0 Å². The molecule has 2 aromatic rings. The highest BCUT2D eigenvalue weighted by molar-refractivity contribution is 5.95. The molecule has 0 aliphatic carbocycles. The Balaban J connectivity index is 1.89. The van der Waals surface area contributed by atoms with Crippen LogP contribution >= 0.6 is 0 Å². The third kappa shape index (κ3) is 5.35. The molecule has 5 heteroatoms. The Morgan fingerprint density at radius 3 is 1.92 bits per heavy atom. The highest BCUT2D eigenvalue weighted by atomic mass is 16.2. The number of hydrogen-bond acceptors (Lipinski definition) is 3. The first kappa shape index (κ1) is 18.5. The van der Waals surface area contributed by atoms with E-state index in [2.05, 4.69) is 16.0 Å². The fourth-order valence-corrected chi connectivity index (χ4v) is 2.39. The fourth-order valence-electron chi connectivity index (χ4n) is 2.39. The van der Waals surface area contributed by atoms with Gasteiger partial charge in [0.1, 0.15) is 0 Å². The number of carbonyl (C=O) groups excluding carboxylic acids is 2. The first-order valence-electron chi connectivity index (χ1n) is 8.37. The molecule has 5 nitrogen and oxygen atoms in total. The van der Waals surface area contributed by atoms with Crippen LogP contribution in [0.3, 0.4) is 0 Å². The minimum absolute atomic E-state index is 0.0328. The summed E-state index contributed by atoms with van der Waals surface area (Å²) >= 11 is 0. The molecule has 0 aliphatic rings. The zero-order chi connectivity index (χ0) is 18.4. The lowest BCUT2D eigenvalue weighted by molar-refractivity contribution is -0.119. The molecule has 0 unspecified atom stereocenters. The number of hydrogen-bond donors (Lipinski definition) is 3. The van der Waals surface area contributed by atoms with Gasteiger partial charge in [-0.05, 0) is 49.2 Å². The van der Waals surface area contributed by atoms with Gasteiger partial charge in [-0.25, -0.2) is 0 Å². The van der Waals surface area contributed by atoms with Crippen molar-refractivity contribution in [3.05, 3.63) is 53.6 Å². The van der Waals surface area contributed by atoms with Crippen LogP contribution in [0.4, 0.5) is 17.1 Å². The average molecular weight is 339 g/mol. The van der Waals surface area contributed by atoms with Gasteiger partial charge < -0.3 is 16.0 Å². The number of benzene rings is 2. The third-order valence-electron chi connectivity index (χ3n) is 3.87. The van der Waals surface area contributed by atoms with E-state index >= 15 is 0 Å². The fraction of sp³-hybridized carbons (Fsp3) is 0.300. The molecule has 0 aliphatic heterocycles. The number of carbonyl (C=O) groups is 2. The van der Waals surface area contributed by atoms with Crippen molar-refractivity contribution in [3.63, 3.8) is 0 Å². The van der Waals surface area contributed by atoms with E-state index in [1.165, 1.54) is 0 Å². The number of nitrogens with one attached hydrogen (secondary N) is 3. The Hall–Kier alpha value is -2.82. The molecule has 0 radical (unpaired) electrons. The summed E-state index contributed by atoms with van der Waals surface area (Å²) in [5, 5.41) is 8.84. The molecular weight excluding hydrogens is 314 g/mol. The summed E-state index contributed by atoms with van der Waals surface area (Å²) in [6.45, 7) is 7.90. The molecule has 0 aromatic heterocycles. The second-order valence-electron chi connectivity index (χ2n) is 6.39. The van der Waals surface area contributed by atoms with Crippen molar-refractivity contribution in [1.82, 2.24) is 0 Å². The van der Waals surface area contributed by atoms with Gasteiger partial charge in [-0.1, -0.05) is 32.0 Å². The van der Waals surface area contributed by atoms with Crippen molar-refractivity contribution >= 4 is 28.9 Å². The van der Waals surface area contributed by atoms with Crippen molar-refractivity contribution in [2.45, 2.75) is 27.7 Å². The molecule has 0 saturated carbocycles. The van der Waals surface area contributed by atoms with E-state index in [0.29, 0.717) is 11.4 Å². The zero-order valence-corrected chi connectivity index (χ0v) is 15.1. The largest absolute Gasteiger partial charge is 0.376 e. The minimum Gasteiger partial charge on any atom is -0.376 e. The van der Waals surface area contributed by atoms with E-state index in [4.69, 9.17) is 0 Å². The summed E-state index contributed by atoms with van der Waals surface area (Å²) in [6.07, 6.45) is 0. The van der Waals surface area contributed by atoms with Gasteiger partial charge in [-0.2, -0.15) is 0 Å². The summed E-state index contributed by atoms with van der Waals surface area (Å²) in [7, 11) is 0. The standard InChI is InChI=1S/C20H25N3O2/c1-13(2)20(25)23-17-10-8-16(9-11-17)22-18(24)12-21-19-14(3)6-5-7-15(19)4/h5-11,13,21H,12H2,1-4H3,(H,22,24)(H,23,25). The van der Waals surface area contributed by atoms with Gasteiger partial charge in [0.25, 0.3) is 0 Å². The molecule has 0 fully saturated rings. The predicted octanol–water partition coefficient (Wildman–Crippen LogP) is 3.95. The third-order valence-corrected chi connectivity index (χ3v) is 3.87. The average Bonchev–Trinajstić information content (AvgIpc) is 2.56. The number of aryl methyl sites for hydroxylation is 2. The quantitative estimate of drug-likeness (QED) is 0.746. The molecule has 2 aromatic carbocycles. The summed E-state index contributed by atoms with van der Waals surface area (Å²) in [4.78, 5) is 23.8. The summed E-state index contributed by atoms with van der Waals surface area (Å²) in [5.41, 5.74) is 4.61. The van der Waals surface area contributed by atoms with Crippen LogP contribution in [-0.2, 0) is 9.59 Å². The Morgan fingerprint density at radius 1 is 0.880 bits per heavy atom. The van der Waals surface area contributed by atoms with E-state index in [0.717, 1.165) is 16.8 Å². The first-order chi connectivity index (χ1) is 11.9. The van der Waals surface area contributed by atoms with E-state index in [9.17, 15) is 9.59 Å². The minimum atomic E-state index is -0.124. The van der Waals surface area contributed by atoms with Crippen molar-refractivity contribution in [1.29, 1.82) is 0 Å². The zero-order valence-electron chi connectivity index (χ0n) is 15.1. The summed E-state index contributed by atoms with van der Waals surface area (Å²) in [6, 6.07) is 13.1. The molecule has 25 heavy (non-hydrogen) atoms. The lowest BCUT2D eigenvalue weighted by Crippen LogP contribution is -2.22. The maximum atomic E-state index is 12.1. The van der Waals surface area contributed by atoms with Crippen LogP contribution in [0.2, 0.25) is 0 Å². The highest BCUT2D eigenvalue weighted by Crippen LogP contribution is 2.19. The van der Waals surface area contributed by atoms with Gasteiger partial charge in [0.2, 0.25) is 11.8 Å². The van der Waals surface area contributed by atoms with Gasteiger partial charge >= 0.3 is 0 Å². The van der Waals surface area contributed by atoms with Gasteiger partial charge in [0.15, 0.2) is 0 Å². The molecule has 0 atom stereocenters. The number of para-hydroxylation sites is 1. The molecule has 2 amide bonds. The summed E-state index contributed by atoms with van der Waals surface area (Å²) < 4.78 is 0. The van der Waals surface area contributed by atoms with E-state index in [1.54, 1.807) is 24.3 Å². The first-order valence-corrected chi connectivity index (χ1v) is 8.37. The van der Waals surface area contributed by atoms with Crippen LogP contribution in [0.15, 0.2) is 42.5 Å². The van der Waals surface area contributed by atoms with Crippen LogP contribution in [0.25, 0.3) is 0 Å². The SMILES string of the molecule is Cc1cccc(C)c1NCC(=O)Nc1ccc(NC(=O)C(C)C)cc1. The second kappa shape index (κ2) is 8.33. The smallest absolute Gasteiger partial charge is 0.243 e. The topological polar surface area (TPSA) is 70.2 Å². The Bertz CT molecular complexity index is 732. The van der Waals surface area contributed by atoms with Crippen LogP contribution in [0.1, 0.15) is 25.0 Å². The monoisotopic (exact) mass is 339 g/mol. The second-order valence-corrected chi connectivity index (χ2v) is 6.39. The maximum Gasteiger partial charge on any atom is 0.243 e. The summed E-state index contributed by atoms with van der Waals surface area (Å²) in [5.74, 6) is -0.230. The molecule has 0 spiro atoms. The number of rotatable bonds is 6. The Labute approximate surface area is 148 Å².